The average Bonchev–Trinajstić information content (AvgIpc) is 3.28. The Labute approximate surface area is 489 Å². The standard InChI is InChI=1S/C62H77N9O10S2/c1-9-70-52-17-14-40-29-47(52)49(55(70)48-30-42(32-64-53(48)37(4)79-8)58-65-33-45(82-58)34-69-20-23-83(77,78)24-21-69)31-62(5,6)35-81-61(76)50-11-10-19-71(67-50)59(74)51(27-38-25-41(40)28-44(72)26-38)66-57(73)54(36(2)3)68(7)60(75)56-46(18-22-80-56)39-12-15-43(63)16-13-39/h12-17,25-26,28-30,32-33,36-37,46,50-51,54,56,67,72H,9-11,18-24,27,31,34-35,63H2,1-8H3,(H,66,73)/t37-,46+,50-,51-,54-,56+/m0/s1. The van der Waals surface area contributed by atoms with Gasteiger partial charge in [-0.1, -0.05) is 52.0 Å². The summed E-state index contributed by atoms with van der Waals surface area (Å²) in [6.45, 7) is 14.7. The zero-order valence-corrected chi connectivity index (χ0v) is 50.3. The topological polar surface area (TPSA) is 241 Å². The van der Waals surface area contributed by atoms with Crippen molar-refractivity contribution in [2.75, 3.05) is 64.2 Å². The third-order valence-corrected chi connectivity index (χ3v) is 19.4. The van der Waals surface area contributed by atoms with E-state index in [9.17, 15) is 32.7 Å². The fraction of sp³-hybridized carbons (Fsp3) is 0.484. The van der Waals surface area contributed by atoms with E-state index in [2.05, 4.69) is 59.2 Å². The lowest BCUT2D eigenvalue weighted by atomic mass is 9.84. The van der Waals surface area contributed by atoms with E-state index in [0.29, 0.717) is 75.3 Å². The monoisotopic (exact) mass is 1170 g/mol. The molecule has 19 nitrogen and oxygen atoms in total. The van der Waals surface area contributed by atoms with Crippen LogP contribution >= 0.6 is 11.3 Å². The lowest BCUT2D eigenvalue weighted by molar-refractivity contribution is -0.155. The lowest BCUT2D eigenvalue weighted by Crippen LogP contribution is -2.62. The van der Waals surface area contributed by atoms with Gasteiger partial charge in [-0.2, -0.15) is 0 Å². The molecule has 21 heteroatoms. The molecule has 5 N–H and O–H groups in total. The number of nitrogens with two attached hydrogens (primary N) is 1. The Morgan fingerprint density at radius 2 is 1.73 bits per heavy atom. The number of nitrogens with zero attached hydrogens (tertiary/aromatic N) is 6. The number of carbonyl (C=O) groups is 4. The van der Waals surface area contributed by atoms with Crippen LogP contribution in [-0.2, 0) is 69.2 Å². The predicted octanol–water partition coefficient (Wildman–Crippen LogP) is 7.44. The molecule has 6 bridgehead atoms. The fourth-order valence-corrected chi connectivity index (χ4v) is 14.5. The number of phenols is 1. The first-order chi connectivity index (χ1) is 39.6. The van der Waals surface area contributed by atoms with Gasteiger partial charge in [0.15, 0.2) is 9.84 Å². The van der Waals surface area contributed by atoms with Crippen molar-refractivity contribution in [1.29, 1.82) is 0 Å². The summed E-state index contributed by atoms with van der Waals surface area (Å²) in [4.78, 5) is 73.1. The quantitative estimate of drug-likeness (QED) is 0.0649. The van der Waals surface area contributed by atoms with Crippen molar-refractivity contribution in [2.45, 2.75) is 123 Å². The number of hydrogen-bond donors (Lipinski definition) is 4. The smallest absolute Gasteiger partial charge is 0.324 e. The van der Waals surface area contributed by atoms with Gasteiger partial charge >= 0.3 is 5.97 Å². The molecule has 3 aromatic heterocycles. The normalized spacial score (nSPS) is 22.0. The Bertz CT molecular complexity index is 3510. The second kappa shape index (κ2) is 24.5. The third-order valence-electron chi connectivity index (χ3n) is 16.7. The van der Waals surface area contributed by atoms with Crippen LogP contribution in [0, 0.1) is 11.3 Å². The minimum Gasteiger partial charge on any atom is -0.508 e. The summed E-state index contributed by atoms with van der Waals surface area (Å²) < 4.78 is 44.9. The van der Waals surface area contributed by atoms with E-state index in [0.717, 1.165) is 60.0 Å². The Morgan fingerprint density at radius 3 is 2.46 bits per heavy atom. The summed E-state index contributed by atoms with van der Waals surface area (Å²) >= 11 is 1.55. The van der Waals surface area contributed by atoms with Crippen molar-refractivity contribution in [3.63, 3.8) is 0 Å². The number of likely N-dealkylation sites (N-methyl/N-ethyl adjacent to an activating group) is 1. The molecule has 0 unspecified atom stereocenters. The molecule has 0 aliphatic carbocycles. The van der Waals surface area contributed by atoms with Crippen molar-refractivity contribution in [3.05, 3.63) is 106 Å². The average molecular weight is 1170 g/mol. The first kappa shape index (κ1) is 59.4. The molecule has 6 atom stereocenters. The SMILES string of the molecule is CCn1c(-c2cc(-c3ncc(CN4CCS(=O)(=O)CC4)s3)cnc2[C@H](C)OC)c2c3cc(ccc31)-c1cc(O)cc(c1)C[C@H](NC(=O)[C@H](C(C)C)N(C)C(=O)[C@@H]1OCC[C@@H]1c1ccc(N)cc1)C(=O)N1CCC[C@H](N1)C(=O)OCC(C)(C)C2. The van der Waals surface area contributed by atoms with Crippen LogP contribution in [-0.4, -0.2) is 149 Å². The van der Waals surface area contributed by atoms with Crippen molar-refractivity contribution in [2.24, 2.45) is 11.3 Å². The fourth-order valence-electron chi connectivity index (χ4n) is 12.3. The molecule has 4 aliphatic heterocycles. The van der Waals surface area contributed by atoms with E-state index in [1.54, 1.807) is 49.8 Å². The van der Waals surface area contributed by atoms with E-state index < -0.39 is 63.4 Å². The number of hydrogen-bond acceptors (Lipinski definition) is 16. The zero-order valence-electron chi connectivity index (χ0n) is 48.6. The molecule has 10 rings (SSSR count). The van der Waals surface area contributed by atoms with Gasteiger partial charge in [-0.05, 0) is 116 Å². The number of pyridine rings is 1. The summed E-state index contributed by atoms with van der Waals surface area (Å²) in [5.74, 6) is -2.29. The van der Waals surface area contributed by atoms with Crippen LogP contribution in [0.2, 0.25) is 0 Å². The minimum atomic E-state index is -3.02. The molecule has 83 heavy (non-hydrogen) atoms. The highest BCUT2D eigenvalue weighted by Gasteiger charge is 2.43. The number of carbonyl (C=O) groups excluding carboxylic acids is 4. The summed E-state index contributed by atoms with van der Waals surface area (Å²) in [5.41, 5.74) is 17.3. The van der Waals surface area contributed by atoms with Gasteiger partial charge in [-0.25, -0.2) is 18.8 Å². The van der Waals surface area contributed by atoms with E-state index >= 15 is 0 Å². The lowest BCUT2D eigenvalue weighted by Gasteiger charge is -2.37. The number of hydrazine groups is 1. The first-order valence-corrected chi connectivity index (χ1v) is 31.4. The van der Waals surface area contributed by atoms with Crippen LogP contribution in [0.25, 0.3) is 43.9 Å². The molecule has 3 aromatic carbocycles. The van der Waals surface area contributed by atoms with Crippen molar-refractivity contribution in [1.82, 2.24) is 40.1 Å². The molecule has 3 amide bonds. The summed E-state index contributed by atoms with van der Waals surface area (Å²) in [5, 5.41) is 17.7. The Hall–Kier alpha value is -6.75. The molecule has 0 saturated carbocycles. The molecular weight excluding hydrogens is 1090 g/mol. The van der Waals surface area contributed by atoms with Crippen LogP contribution in [0.3, 0.4) is 0 Å². The number of phenolic OH excluding ortho intramolecular Hbond substituents is 1. The summed E-state index contributed by atoms with van der Waals surface area (Å²) in [6, 6.07) is 17.8. The maximum absolute atomic E-state index is 15.0. The summed E-state index contributed by atoms with van der Waals surface area (Å²) in [6.07, 6.45) is 4.36. The largest absolute Gasteiger partial charge is 0.508 e. The molecule has 7 heterocycles. The number of rotatable bonds is 13. The van der Waals surface area contributed by atoms with E-state index in [1.807, 2.05) is 57.4 Å². The number of anilines is 1. The van der Waals surface area contributed by atoms with Crippen LogP contribution in [0.1, 0.15) is 100 Å². The number of nitrogen functional groups attached to an aromatic ring is 1. The molecule has 0 spiro atoms. The van der Waals surface area contributed by atoms with Gasteiger partial charge in [0.05, 0.1) is 35.6 Å². The molecule has 4 aliphatic rings. The van der Waals surface area contributed by atoms with Gasteiger partial charge in [0, 0.05) is 116 Å². The molecule has 442 valence electrons. The highest BCUT2D eigenvalue weighted by Crippen LogP contribution is 2.44. The van der Waals surface area contributed by atoms with Gasteiger partial charge in [-0.3, -0.25) is 34.1 Å². The number of sulfone groups is 1. The van der Waals surface area contributed by atoms with E-state index in [1.165, 1.54) is 9.91 Å². The van der Waals surface area contributed by atoms with Crippen molar-refractivity contribution in [3.8, 4) is 38.7 Å². The van der Waals surface area contributed by atoms with Crippen LogP contribution in [0.5, 0.6) is 5.75 Å². The molecule has 3 saturated heterocycles. The zero-order chi connectivity index (χ0) is 59.1. The number of amides is 3. The highest BCUT2D eigenvalue weighted by molar-refractivity contribution is 7.91. The number of esters is 1. The number of aromatic hydroxyl groups is 1. The Morgan fingerprint density at radius 1 is 0.976 bits per heavy atom. The number of fused-ring (bicyclic) bond motifs is 6. The molecular formula is C62H77N9O10S2. The number of nitrogens with one attached hydrogen (secondary N) is 2. The molecule has 6 aromatic rings. The van der Waals surface area contributed by atoms with Gasteiger partial charge in [0.1, 0.15) is 35.0 Å². The predicted molar refractivity (Wildman–Crippen MR) is 320 cm³/mol. The first-order valence-electron chi connectivity index (χ1n) is 28.8. The van der Waals surface area contributed by atoms with Crippen LogP contribution in [0.4, 0.5) is 5.69 Å². The van der Waals surface area contributed by atoms with Gasteiger partial charge in [-0.15, -0.1) is 11.3 Å². The Balaban J connectivity index is 1.03. The second-order valence-electron chi connectivity index (χ2n) is 23.8. The van der Waals surface area contributed by atoms with Gasteiger partial charge in [0.25, 0.3) is 11.8 Å². The number of aryl methyl sites for hydroxylation is 1. The second-order valence-corrected chi connectivity index (χ2v) is 27.2. The van der Waals surface area contributed by atoms with E-state index in [-0.39, 0.29) is 54.6 Å². The van der Waals surface area contributed by atoms with Crippen molar-refractivity contribution >= 4 is 61.5 Å². The van der Waals surface area contributed by atoms with Crippen LogP contribution in [0.15, 0.2) is 79.1 Å². The van der Waals surface area contributed by atoms with E-state index in [4.69, 9.17) is 29.9 Å². The van der Waals surface area contributed by atoms with Crippen molar-refractivity contribution < 1.29 is 46.9 Å². The third kappa shape index (κ3) is 12.9. The number of aromatic nitrogens is 3. The van der Waals surface area contributed by atoms with Crippen LogP contribution < -0.4 is 16.5 Å². The number of benzene rings is 3. The van der Waals surface area contributed by atoms with Gasteiger partial charge < -0.3 is 39.8 Å². The maximum atomic E-state index is 15.0. The van der Waals surface area contributed by atoms with Gasteiger partial charge in [0.2, 0.25) is 5.91 Å². The number of thiazole rings is 1. The minimum absolute atomic E-state index is 0.0375. The number of methoxy groups -OCH3 is 1. The highest BCUT2D eigenvalue weighted by atomic mass is 32.2. The molecule has 0 radical (unpaired) electrons. The molecule has 3 fully saturated rings. The maximum Gasteiger partial charge on any atom is 0.324 e. The Kier molecular flexibility index (Phi) is 17.5. The number of ether oxygens (including phenoxy) is 3. The number of cyclic esters (lactones) is 1. The summed E-state index contributed by atoms with van der Waals surface area (Å²) in [7, 11) is 0.228.